The number of fused-ring (bicyclic) bond motifs is 1. The van der Waals surface area contributed by atoms with Gasteiger partial charge in [0.15, 0.2) is 0 Å². The van der Waals surface area contributed by atoms with Crippen molar-refractivity contribution >= 4 is 5.91 Å². The van der Waals surface area contributed by atoms with E-state index in [1.54, 1.807) is 0 Å². The monoisotopic (exact) mass is 210 g/mol. The van der Waals surface area contributed by atoms with Gasteiger partial charge in [-0.25, -0.2) is 0 Å². The molecule has 1 fully saturated rings. The van der Waals surface area contributed by atoms with Crippen LogP contribution < -0.4 is 5.32 Å². The second-order valence-corrected chi connectivity index (χ2v) is 4.41. The predicted molar refractivity (Wildman–Crippen MR) is 57.1 cm³/mol. The summed E-state index contributed by atoms with van der Waals surface area (Å²) < 4.78 is 0. The van der Waals surface area contributed by atoms with Crippen molar-refractivity contribution in [2.75, 3.05) is 13.1 Å². The molecule has 0 unspecified atom stereocenters. The molecule has 0 spiro atoms. The van der Waals surface area contributed by atoms with E-state index in [-0.39, 0.29) is 18.1 Å². The normalized spacial score (nSPS) is 32.6. The first kappa shape index (κ1) is 10.6. The fraction of sp³-hybridized carbons (Fsp3) is 0.727. The third-order valence-corrected chi connectivity index (χ3v) is 3.35. The largest absolute Gasteiger partial charge is 0.392 e. The van der Waals surface area contributed by atoms with E-state index in [2.05, 4.69) is 17.1 Å². The van der Waals surface area contributed by atoms with E-state index in [0.29, 0.717) is 13.0 Å². The standard InChI is InChI=1S/C11H18N2O2/c1-3-8-5-13-6-9(14)4-10(13)11(15)12-7(8)2/h9-10,14H,3-6H2,1-2H3,(H,12,15)/t9-,10+/m1/s1. The molecule has 0 radical (unpaired) electrons. The van der Waals surface area contributed by atoms with Crippen LogP contribution in [-0.4, -0.2) is 41.1 Å². The lowest BCUT2D eigenvalue weighted by atomic mass is 10.1. The first-order valence-corrected chi connectivity index (χ1v) is 5.53. The number of aliphatic hydroxyl groups is 1. The number of carbonyl (C=O) groups is 1. The number of allylic oxidation sites excluding steroid dienone is 1. The summed E-state index contributed by atoms with van der Waals surface area (Å²) in [7, 11) is 0. The van der Waals surface area contributed by atoms with Crippen LogP contribution in [0, 0.1) is 0 Å². The van der Waals surface area contributed by atoms with Gasteiger partial charge in [0.2, 0.25) is 5.91 Å². The van der Waals surface area contributed by atoms with Crippen molar-refractivity contribution in [1.82, 2.24) is 10.2 Å². The summed E-state index contributed by atoms with van der Waals surface area (Å²) in [6.45, 7) is 5.48. The Morgan fingerprint density at radius 1 is 1.60 bits per heavy atom. The van der Waals surface area contributed by atoms with E-state index in [0.717, 1.165) is 18.7 Å². The molecule has 0 aromatic carbocycles. The number of hydrogen-bond acceptors (Lipinski definition) is 3. The third kappa shape index (κ3) is 1.92. The van der Waals surface area contributed by atoms with Crippen LogP contribution in [0.1, 0.15) is 26.7 Å². The van der Waals surface area contributed by atoms with Crippen molar-refractivity contribution in [1.29, 1.82) is 0 Å². The molecule has 2 rings (SSSR count). The van der Waals surface area contributed by atoms with Gasteiger partial charge in [-0.15, -0.1) is 0 Å². The molecule has 1 amide bonds. The lowest BCUT2D eigenvalue weighted by molar-refractivity contribution is -0.124. The zero-order valence-electron chi connectivity index (χ0n) is 9.29. The van der Waals surface area contributed by atoms with Crippen LogP contribution in [0.5, 0.6) is 0 Å². The highest BCUT2D eigenvalue weighted by Crippen LogP contribution is 2.23. The van der Waals surface area contributed by atoms with E-state index in [9.17, 15) is 9.90 Å². The van der Waals surface area contributed by atoms with Crippen molar-refractivity contribution in [2.24, 2.45) is 0 Å². The van der Waals surface area contributed by atoms with Gasteiger partial charge in [-0.05, 0) is 25.3 Å². The van der Waals surface area contributed by atoms with E-state index in [1.807, 2.05) is 6.92 Å². The summed E-state index contributed by atoms with van der Waals surface area (Å²) in [6.07, 6.45) is 1.17. The maximum atomic E-state index is 11.8. The molecular weight excluding hydrogens is 192 g/mol. The maximum Gasteiger partial charge on any atom is 0.241 e. The summed E-state index contributed by atoms with van der Waals surface area (Å²) in [5.41, 5.74) is 2.26. The van der Waals surface area contributed by atoms with Crippen LogP contribution >= 0.6 is 0 Å². The molecule has 2 N–H and O–H groups in total. The Bertz CT molecular complexity index is 312. The minimum absolute atomic E-state index is 0.0347. The maximum absolute atomic E-state index is 11.8. The fourth-order valence-electron chi connectivity index (χ4n) is 2.42. The van der Waals surface area contributed by atoms with Crippen molar-refractivity contribution in [3.05, 3.63) is 11.3 Å². The van der Waals surface area contributed by atoms with E-state index in [4.69, 9.17) is 0 Å². The van der Waals surface area contributed by atoms with E-state index >= 15 is 0 Å². The van der Waals surface area contributed by atoms with Crippen LogP contribution in [0.3, 0.4) is 0 Å². The molecule has 0 aromatic rings. The Morgan fingerprint density at radius 3 is 3.00 bits per heavy atom. The molecule has 4 heteroatoms. The minimum Gasteiger partial charge on any atom is -0.392 e. The molecule has 2 aliphatic heterocycles. The first-order valence-electron chi connectivity index (χ1n) is 5.53. The lowest BCUT2D eigenvalue weighted by Crippen LogP contribution is -2.40. The molecule has 0 saturated carbocycles. The van der Waals surface area contributed by atoms with E-state index in [1.165, 1.54) is 5.57 Å². The lowest BCUT2D eigenvalue weighted by Gasteiger charge is -2.20. The average molecular weight is 210 g/mol. The van der Waals surface area contributed by atoms with Crippen LogP contribution in [0.2, 0.25) is 0 Å². The van der Waals surface area contributed by atoms with Crippen molar-refractivity contribution in [3.63, 3.8) is 0 Å². The highest BCUT2D eigenvalue weighted by Gasteiger charge is 2.37. The summed E-state index contributed by atoms with van der Waals surface area (Å²) in [5.74, 6) is 0.0347. The first-order chi connectivity index (χ1) is 7.11. The van der Waals surface area contributed by atoms with Gasteiger partial charge >= 0.3 is 0 Å². The smallest absolute Gasteiger partial charge is 0.241 e. The average Bonchev–Trinajstić information content (AvgIpc) is 2.50. The van der Waals surface area contributed by atoms with Gasteiger partial charge in [0.25, 0.3) is 0 Å². The zero-order chi connectivity index (χ0) is 11.0. The summed E-state index contributed by atoms with van der Waals surface area (Å²) in [5, 5.41) is 12.5. The number of rotatable bonds is 1. The molecular formula is C11H18N2O2. The Kier molecular flexibility index (Phi) is 2.80. The van der Waals surface area contributed by atoms with Crippen LogP contribution in [-0.2, 0) is 4.79 Å². The molecule has 84 valence electrons. The highest BCUT2D eigenvalue weighted by atomic mass is 16.3. The SMILES string of the molecule is CCC1=C(C)NC(=O)[C@@H]2C[C@@H](O)CN2C1. The molecule has 2 aliphatic rings. The molecule has 0 bridgehead atoms. The number of aliphatic hydroxyl groups excluding tert-OH is 1. The topological polar surface area (TPSA) is 52.6 Å². The summed E-state index contributed by atoms with van der Waals surface area (Å²) >= 11 is 0. The van der Waals surface area contributed by atoms with Gasteiger partial charge in [0, 0.05) is 18.8 Å². The van der Waals surface area contributed by atoms with E-state index < -0.39 is 0 Å². The summed E-state index contributed by atoms with van der Waals surface area (Å²) in [4.78, 5) is 13.9. The Balaban J connectivity index is 2.23. The molecule has 0 aromatic heterocycles. The zero-order valence-corrected chi connectivity index (χ0v) is 9.29. The third-order valence-electron chi connectivity index (χ3n) is 3.35. The van der Waals surface area contributed by atoms with Crippen molar-refractivity contribution < 1.29 is 9.90 Å². The Morgan fingerprint density at radius 2 is 2.33 bits per heavy atom. The molecule has 2 heterocycles. The number of nitrogens with one attached hydrogen (secondary N) is 1. The second-order valence-electron chi connectivity index (χ2n) is 4.41. The van der Waals surface area contributed by atoms with Crippen molar-refractivity contribution in [2.45, 2.75) is 38.8 Å². The van der Waals surface area contributed by atoms with Crippen LogP contribution in [0.4, 0.5) is 0 Å². The van der Waals surface area contributed by atoms with Gasteiger partial charge in [0.1, 0.15) is 0 Å². The van der Waals surface area contributed by atoms with Gasteiger partial charge < -0.3 is 10.4 Å². The fourth-order valence-corrected chi connectivity index (χ4v) is 2.42. The second kappa shape index (κ2) is 3.94. The molecule has 4 nitrogen and oxygen atoms in total. The predicted octanol–water partition coefficient (Wildman–Crippen LogP) is 0.235. The molecule has 15 heavy (non-hydrogen) atoms. The molecule has 1 saturated heterocycles. The van der Waals surface area contributed by atoms with Gasteiger partial charge in [-0.3, -0.25) is 9.69 Å². The quantitative estimate of drug-likeness (QED) is 0.651. The van der Waals surface area contributed by atoms with Crippen LogP contribution in [0.15, 0.2) is 11.3 Å². The number of nitrogens with zero attached hydrogens (tertiary/aromatic N) is 1. The Labute approximate surface area is 90.0 Å². The number of amides is 1. The minimum atomic E-state index is -0.350. The van der Waals surface area contributed by atoms with Gasteiger partial charge in [0.05, 0.1) is 12.1 Å². The number of hydrogen-bond donors (Lipinski definition) is 2. The summed E-state index contributed by atoms with van der Waals surface area (Å²) in [6, 6.07) is -0.140. The number of carbonyl (C=O) groups excluding carboxylic acids is 1. The van der Waals surface area contributed by atoms with Crippen LogP contribution in [0.25, 0.3) is 0 Å². The molecule has 0 aliphatic carbocycles. The molecule has 2 atom stereocenters. The van der Waals surface area contributed by atoms with Crippen molar-refractivity contribution in [3.8, 4) is 0 Å². The van der Waals surface area contributed by atoms with Gasteiger partial charge in [-0.1, -0.05) is 6.92 Å². The Hall–Kier alpha value is -0.870. The highest BCUT2D eigenvalue weighted by molar-refractivity contribution is 5.84. The van der Waals surface area contributed by atoms with Gasteiger partial charge in [-0.2, -0.15) is 0 Å².